The Hall–Kier alpha value is 0.700. The lowest BCUT2D eigenvalue weighted by molar-refractivity contribution is 0.588. The summed E-state index contributed by atoms with van der Waals surface area (Å²) < 4.78 is 10.0. The predicted molar refractivity (Wildman–Crippen MR) is 68.9 cm³/mol. The summed E-state index contributed by atoms with van der Waals surface area (Å²) in [6.45, 7) is 0. The van der Waals surface area contributed by atoms with E-state index in [-0.39, 0.29) is 1.43 Å². The van der Waals surface area contributed by atoms with Crippen molar-refractivity contribution in [3.05, 3.63) is 0 Å². The number of rotatable bonds is 9. The molecule has 0 aliphatic rings. The van der Waals surface area contributed by atoms with E-state index in [0.29, 0.717) is 0 Å². The Kier molecular flexibility index (Phi) is 10.5. The average molecular weight is 214 g/mol. The summed E-state index contributed by atoms with van der Waals surface area (Å²) in [5, 5.41) is 0. The molecule has 0 atom stereocenters. The van der Waals surface area contributed by atoms with Gasteiger partial charge in [0.25, 0.3) is 0 Å². The van der Waals surface area contributed by atoms with E-state index in [1.807, 2.05) is 0 Å². The minimum atomic E-state index is 0. The fourth-order valence-electron chi connectivity index (χ4n) is 1.28. The first kappa shape index (κ1) is 10.8. The van der Waals surface area contributed by atoms with Crippen molar-refractivity contribution in [1.29, 1.82) is 0 Å². The van der Waals surface area contributed by atoms with Crippen molar-refractivity contribution < 1.29 is 4.40 Å². The van der Waals surface area contributed by atoms with E-state index in [0.717, 1.165) is 11.5 Å². The standard InChI is InChI=1S/C10H22S2.2H2/c11-9-7-5-3-1-2-4-6-8-10-12;;/h11-12H,1-10H2;2*1H/i;1+2;1+1D. The van der Waals surface area contributed by atoms with Gasteiger partial charge < -0.3 is 0 Å². The zero-order chi connectivity index (χ0) is 11.1. The van der Waals surface area contributed by atoms with Gasteiger partial charge in [-0.3, -0.25) is 0 Å². The SMILES string of the molecule is SCCCCCCCCCCS.[2H][2H].[3HH]. The maximum absolute atomic E-state index is 5.00. The molecule has 0 heterocycles. The molecule has 0 aromatic heterocycles. The minimum absolute atomic E-state index is 0. The normalized spacial score (nSPS) is 11.2. The van der Waals surface area contributed by atoms with Gasteiger partial charge in [0.1, 0.15) is 0 Å². The lowest BCUT2D eigenvalue weighted by atomic mass is 10.1. The molecule has 0 aliphatic carbocycles. The molecule has 0 aromatic rings. The Labute approximate surface area is 92.9 Å². The van der Waals surface area contributed by atoms with Crippen LogP contribution in [0.5, 0.6) is 0 Å². The molecule has 0 rings (SSSR count). The molecule has 0 bridgehead atoms. The van der Waals surface area contributed by atoms with Crippen LogP contribution in [0, 0.1) is 0 Å². The highest BCUT2D eigenvalue weighted by Gasteiger charge is 1.90. The van der Waals surface area contributed by atoms with Gasteiger partial charge in [0, 0.05) is 4.40 Å². The largest absolute Gasteiger partial charge is 0.179 e. The summed E-state index contributed by atoms with van der Waals surface area (Å²) in [5.41, 5.74) is 0. The van der Waals surface area contributed by atoms with Gasteiger partial charge >= 0.3 is 0 Å². The molecule has 0 N–H and O–H groups in total. The quantitative estimate of drug-likeness (QED) is 0.411. The van der Waals surface area contributed by atoms with Crippen molar-refractivity contribution >= 4 is 25.3 Å². The molecule has 78 valence electrons. The highest BCUT2D eigenvalue weighted by molar-refractivity contribution is 7.80. The summed E-state index contributed by atoms with van der Waals surface area (Å²) in [7, 11) is 0. The molecule has 12 heavy (non-hydrogen) atoms. The lowest BCUT2D eigenvalue weighted by Gasteiger charge is -1.99. The first-order valence-electron chi connectivity index (χ1n) is 6.13. The average Bonchev–Trinajstić information content (AvgIpc) is 2.25. The molecule has 0 fully saturated rings. The van der Waals surface area contributed by atoms with Gasteiger partial charge in [0.2, 0.25) is 0 Å². The molecule has 0 nitrogen and oxygen atoms in total. The van der Waals surface area contributed by atoms with E-state index in [1.54, 1.807) is 0 Å². The van der Waals surface area contributed by atoms with Crippen LogP contribution in [-0.2, 0) is 0 Å². The van der Waals surface area contributed by atoms with Gasteiger partial charge in [-0.1, -0.05) is 38.5 Å². The highest BCUT2D eigenvalue weighted by Crippen LogP contribution is 2.08. The highest BCUT2D eigenvalue weighted by atomic mass is 32.1. The van der Waals surface area contributed by atoms with E-state index in [4.69, 9.17) is 2.97 Å². The van der Waals surface area contributed by atoms with E-state index in [1.165, 1.54) is 51.4 Å². The first-order valence-corrected chi connectivity index (χ1v) is 6.40. The van der Waals surface area contributed by atoms with Crippen LogP contribution < -0.4 is 0 Å². The molecule has 0 saturated heterocycles. The van der Waals surface area contributed by atoms with Crippen molar-refractivity contribution in [2.24, 2.45) is 0 Å². The van der Waals surface area contributed by atoms with Crippen LogP contribution in [0.25, 0.3) is 0 Å². The molecule has 0 aromatic carbocycles. The van der Waals surface area contributed by atoms with Crippen molar-refractivity contribution in [2.75, 3.05) is 11.5 Å². The number of hydrogen-bond donors (Lipinski definition) is 2. The van der Waals surface area contributed by atoms with Crippen LogP contribution in [0.4, 0.5) is 0 Å². The zero-order valence-electron chi connectivity index (χ0n) is 9.97. The van der Waals surface area contributed by atoms with Crippen LogP contribution in [0.15, 0.2) is 0 Å². The smallest absolute Gasteiger partial charge is 0 e. The molecule has 0 spiro atoms. The van der Waals surface area contributed by atoms with Crippen LogP contribution in [-0.4, -0.2) is 11.5 Å². The van der Waals surface area contributed by atoms with Crippen LogP contribution in [0.1, 0.15) is 55.8 Å². The summed E-state index contributed by atoms with van der Waals surface area (Å²) in [4.78, 5) is 0. The van der Waals surface area contributed by atoms with Gasteiger partial charge in [-0.25, -0.2) is 0 Å². The molecular weight excluding hydrogens is 184 g/mol. The molecule has 0 amide bonds. The maximum Gasteiger partial charge on any atom is 0 e. The summed E-state index contributed by atoms with van der Waals surface area (Å²) in [6, 6.07) is 0. The molecule has 0 radical (unpaired) electrons. The molecule has 2 heteroatoms. The van der Waals surface area contributed by atoms with Crippen molar-refractivity contribution in [3.63, 3.8) is 0 Å². The van der Waals surface area contributed by atoms with Gasteiger partial charge in [0.05, 0.1) is 0 Å². The third-order valence-corrected chi connectivity index (χ3v) is 2.70. The van der Waals surface area contributed by atoms with Crippen molar-refractivity contribution in [3.8, 4) is 0 Å². The Morgan fingerprint density at radius 2 is 0.917 bits per heavy atom. The topological polar surface area (TPSA) is 0 Å². The second-order valence-corrected chi connectivity index (χ2v) is 4.17. The Balaban J connectivity index is -0.000000449. The molecule has 0 aliphatic heterocycles. The third kappa shape index (κ3) is 10.7. The van der Waals surface area contributed by atoms with Gasteiger partial charge in [-0.05, 0) is 24.3 Å². The Bertz CT molecular complexity index is 75.1. The number of thiol groups is 2. The molecular formula is C10H26S2. The van der Waals surface area contributed by atoms with E-state index < -0.39 is 0 Å². The fraction of sp³-hybridized carbons (Fsp3) is 1.00. The van der Waals surface area contributed by atoms with Gasteiger partial charge in [-0.2, -0.15) is 25.3 Å². The first-order chi connectivity index (χ1) is 6.91. The summed E-state index contributed by atoms with van der Waals surface area (Å²) >= 11 is 8.37. The van der Waals surface area contributed by atoms with Crippen LogP contribution >= 0.6 is 25.3 Å². The predicted octanol–water partition coefficient (Wildman–Crippen LogP) is 4.46. The van der Waals surface area contributed by atoms with Gasteiger partial charge in [-0.15, -0.1) is 0 Å². The maximum atomic E-state index is 5.00. The molecule has 0 saturated carbocycles. The monoisotopic (exact) mass is 214 g/mol. The second kappa shape index (κ2) is 11.7. The zero-order valence-corrected chi connectivity index (χ0v) is 9.75. The van der Waals surface area contributed by atoms with Crippen LogP contribution in [0.3, 0.4) is 0 Å². The minimum Gasteiger partial charge on any atom is -0.179 e. The Morgan fingerprint density at radius 1 is 0.667 bits per heavy atom. The number of hydrogen-bond acceptors (Lipinski definition) is 2. The van der Waals surface area contributed by atoms with Crippen molar-refractivity contribution in [1.82, 2.24) is 0 Å². The third-order valence-electron chi connectivity index (χ3n) is 2.07. The van der Waals surface area contributed by atoms with Gasteiger partial charge in [0.15, 0.2) is 0 Å². The van der Waals surface area contributed by atoms with Crippen LogP contribution in [0.2, 0.25) is 0 Å². The summed E-state index contributed by atoms with van der Waals surface area (Å²) in [5.74, 6) is 2.11. The Morgan fingerprint density at radius 3 is 1.17 bits per heavy atom. The lowest BCUT2D eigenvalue weighted by Crippen LogP contribution is -1.82. The van der Waals surface area contributed by atoms with E-state index >= 15 is 0 Å². The fourth-order valence-corrected chi connectivity index (χ4v) is 1.73. The second-order valence-electron chi connectivity index (χ2n) is 3.28. The number of unbranched alkanes of at least 4 members (excludes halogenated alkanes) is 7. The van der Waals surface area contributed by atoms with E-state index in [9.17, 15) is 0 Å². The summed E-state index contributed by atoms with van der Waals surface area (Å²) in [6.07, 6.45) is 11.0. The van der Waals surface area contributed by atoms with Crippen molar-refractivity contribution in [2.45, 2.75) is 51.4 Å². The van der Waals surface area contributed by atoms with E-state index in [2.05, 4.69) is 25.3 Å². The molecule has 0 unspecified atom stereocenters.